The molecule has 2 aliphatic rings. The van der Waals surface area contributed by atoms with E-state index in [-0.39, 0.29) is 23.9 Å². The molecule has 3 aromatic rings. The number of benzene rings is 2. The van der Waals surface area contributed by atoms with Crippen molar-refractivity contribution in [2.45, 2.75) is 46.3 Å². The average Bonchev–Trinajstić information content (AvgIpc) is 3.45. The molecule has 3 heterocycles. The third-order valence-electron chi connectivity index (χ3n) is 6.70. The Kier molecular flexibility index (Phi) is 6.38. The first-order valence-corrected chi connectivity index (χ1v) is 12.1. The molecule has 4 unspecified atom stereocenters. The summed E-state index contributed by atoms with van der Waals surface area (Å²) in [6.07, 6.45) is -1.67. The number of nitrogens with one attached hydrogen (secondary N) is 4. The minimum Gasteiger partial charge on any atom is -0.481 e. The van der Waals surface area contributed by atoms with Gasteiger partial charge in [0, 0.05) is 12.6 Å². The van der Waals surface area contributed by atoms with Crippen LogP contribution in [0.15, 0.2) is 54.6 Å². The topological polar surface area (TPSA) is 113 Å². The molecule has 1 aromatic heterocycles. The first-order valence-electron chi connectivity index (χ1n) is 12.1. The van der Waals surface area contributed by atoms with Crippen LogP contribution >= 0.6 is 0 Å². The highest BCUT2D eigenvalue weighted by Gasteiger charge is 2.45. The minimum absolute atomic E-state index is 0.0877. The highest BCUT2D eigenvalue weighted by atomic mass is 16.5. The molecule has 4 atom stereocenters. The lowest BCUT2D eigenvalue weighted by Gasteiger charge is -2.38. The summed E-state index contributed by atoms with van der Waals surface area (Å²) in [5, 5.41) is 16.0. The molecule has 10 nitrogen and oxygen atoms in total. The van der Waals surface area contributed by atoms with Gasteiger partial charge in [-0.15, -0.1) is 0 Å². The molecule has 5 rings (SSSR count). The van der Waals surface area contributed by atoms with E-state index >= 15 is 0 Å². The molecule has 0 saturated carbocycles. The molecule has 2 fully saturated rings. The molecule has 10 heteroatoms. The summed E-state index contributed by atoms with van der Waals surface area (Å²) in [5.41, 5.74) is 7.41. The fraction of sp³-hybridized carbons (Fsp3) is 0.346. The lowest BCUT2D eigenvalue weighted by atomic mass is 10.0. The van der Waals surface area contributed by atoms with Gasteiger partial charge in [-0.1, -0.05) is 30.3 Å². The number of hydrogen-bond acceptors (Lipinski definition) is 7. The van der Waals surface area contributed by atoms with Gasteiger partial charge in [0.05, 0.1) is 17.3 Å². The van der Waals surface area contributed by atoms with E-state index in [2.05, 4.69) is 46.4 Å². The van der Waals surface area contributed by atoms with Crippen LogP contribution in [0.25, 0.3) is 0 Å². The Balaban J connectivity index is 1.35. The van der Waals surface area contributed by atoms with Crippen LogP contribution in [0.1, 0.15) is 30.0 Å². The molecule has 188 valence electrons. The van der Waals surface area contributed by atoms with Crippen LogP contribution in [-0.4, -0.2) is 40.4 Å². The van der Waals surface area contributed by atoms with Crippen molar-refractivity contribution >= 4 is 23.3 Å². The minimum atomic E-state index is -0.729. The van der Waals surface area contributed by atoms with Crippen molar-refractivity contribution in [2.24, 2.45) is 5.92 Å². The van der Waals surface area contributed by atoms with E-state index < -0.39 is 12.4 Å². The van der Waals surface area contributed by atoms with E-state index in [4.69, 9.17) is 4.74 Å². The number of hydrogen-bond donors (Lipinski definition) is 4. The Morgan fingerprint density at radius 3 is 2.69 bits per heavy atom. The number of aryl methyl sites for hydroxylation is 2. The van der Waals surface area contributed by atoms with Gasteiger partial charge in [0.15, 0.2) is 12.4 Å². The number of para-hydroxylation sites is 1. The zero-order chi connectivity index (χ0) is 25.4. The number of hydrazine groups is 1. The largest absolute Gasteiger partial charge is 0.481 e. The molecule has 36 heavy (non-hydrogen) atoms. The first-order chi connectivity index (χ1) is 17.3. The second kappa shape index (κ2) is 9.63. The second-order valence-electron chi connectivity index (χ2n) is 9.26. The summed E-state index contributed by atoms with van der Waals surface area (Å²) in [6.45, 7) is 8.18. The summed E-state index contributed by atoms with van der Waals surface area (Å²) in [7, 11) is 0. The van der Waals surface area contributed by atoms with Crippen LogP contribution in [-0.2, 0) is 9.59 Å². The molecule has 4 N–H and O–H groups in total. The molecule has 0 bridgehead atoms. The fourth-order valence-electron chi connectivity index (χ4n) is 4.61. The normalized spacial score (nSPS) is 22.1. The van der Waals surface area contributed by atoms with E-state index in [0.717, 1.165) is 11.3 Å². The van der Waals surface area contributed by atoms with Gasteiger partial charge in [0.2, 0.25) is 5.91 Å². The molecule has 0 radical (unpaired) electrons. The SMILES string of the molecule is Cc1cc(NC(=O)C(C)Oc2ccccc2)n(C2NC(=O)C3CNN(c4cccc(C)c4C)C3N2)n1. The number of nitrogens with zero attached hydrogens (tertiary/aromatic N) is 3. The Morgan fingerprint density at radius 1 is 1.14 bits per heavy atom. The quantitative estimate of drug-likeness (QED) is 0.421. The maximum atomic E-state index is 13.1. The molecule has 2 amide bonds. The van der Waals surface area contributed by atoms with Crippen molar-refractivity contribution in [3.63, 3.8) is 0 Å². The van der Waals surface area contributed by atoms with Crippen LogP contribution in [0.4, 0.5) is 11.5 Å². The van der Waals surface area contributed by atoms with Crippen LogP contribution in [0.2, 0.25) is 0 Å². The maximum absolute atomic E-state index is 13.1. The molecule has 0 aliphatic carbocycles. The van der Waals surface area contributed by atoms with Crippen LogP contribution in [0, 0.1) is 26.7 Å². The van der Waals surface area contributed by atoms with Crippen molar-refractivity contribution in [1.82, 2.24) is 25.8 Å². The van der Waals surface area contributed by atoms with E-state index in [1.54, 1.807) is 29.8 Å². The van der Waals surface area contributed by atoms with Gasteiger partial charge in [0.1, 0.15) is 17.7 Å². The van der Waals surface area contributed by atoms with Gasteiger partial charge >= 0.3 is 0 Å². The van der Waals surface area contributed by atoms with Crippen molar-refractivity contribution in [1.29, 1.82) is 0 Å². The maximum Gasteiger partial charge on any atom is 0.266 e. The van der Waals surface area contributed by atoms with Gasteiger partial charge in [-0.3, -0.25) is 19.9 Å². The number of ether oxygens (including phenoxy) is 1. The average molecular weight is 490 g/mol. The smallest absolute Gasteiger partial charge is 0.266 e. The monoisotopic (exact) mass is 489 g/mol. The standard InChI is InChI=1S/C26H31N7O3/c1-15-9-8-12-21(17(15)3)32-23-20(14-27-32)25(35)30-26(29-23)33-22(13-16(2)31-33)28-24(34)18(4)36-19-10-6-5-7-11-19/h5-13,18,20,23,26-27,29H,14H2,1-4H3,(H,28,34)(H,30,35). The highest BCUT2D eigenvalue weighted by Crippen LogP contribution is 2.31. The lowest BCUT2D eigenvalue weighted by molar-refractivity contribution is -0.129. The number of anilines is 2. The van der Waals surface area contributed by atoms with Gasteiger partial charge in [-0.2, -0.15) is 5.10 Å². The van der Waals surface area contributed by atoms with E-state index in [1.165, 1.54) is 5.56 Å². The Morgan fingerprint density at radius 2 is 1.92 bits per heavy atom. The predicted octanol–water partition coefficient (Wildman–Crippen LogP) is 2.36. The predicted molar refractivity (Wildman–Crippen MR) is 136 cm³/mol. The molecule has 2 aliphatic heterocycles. The second-order valence-corrected chi connectivity index (χ2v) is 9.26. The summed E-state index contributed by atoms with van der Waals surface area (Å²) in [6, 6.07) is 17.1. The first kappa shape index (κ1) is 23.8. The highest BCUT2D eigenvalue weighted by molar-refractivity contribution is 5.93. The number of carbonyl (C=O) groups is 2. The van der Waals surface area contributed by atoms with Crippen LogP contribution in [0.3, 0.4) is 0 Å². The van der Waals surface area contributed by atoms with Crippen molar-refractivity contribution < 1.29 is 14.3 Å². The zero-order valence-corrected chi connectivity index (χ0v) is 20.8. The number of carbonyl (C=O) groups excluding carboxylic acids is 2. The third-order valence-corrected chi connectivity index (χ3v) is 6.70. The summed E-state index contributed by atoms with van der Waals surface area (Å²) < 4.78 is 7.35. The molecule has 2 saturated heterocycles. The summed E-state index contributed by atoms with van der Waals surface area (Å²) >= 11 is 0. The Hall–Kier alpha value is -3.89. The van der Waals surface area contributed by atoms with Crippen molar-refractivity contribution in [3.05, 3.63) is 71.4 Å². The molecule has 0 spiro atoms. The molecular formula is C26H31N7O3. The van der Waals surface area contributed by atoms with Gasteiger partial charge in [-0.25, -0.2) is 10.1 Å². The number of aromatic nitrogens is 2. The molecule has 2 aromatic carbocycles. The van der Waals surface area contributed by atoms with Crippen LogP contribution < -0.4 is 31.1 Å². The Bertz CT molecular complexity index is 1280. The van der Waals surface area contributed by atoms with Crippen molar-refractivity contribution in [2.75, 3.05) is 16.9 Å². The van der Waals surface area contributed by atoms with E-state index in [0.29, 0.717) is 23.8 Å². The van der Waals surface area contributed by atoms with Crippen molar-refractivity contribution in [3.8, 4) is 5.75 Å². The Labute approximate surface area is 210 Å². The fourth-order valence-corrected chi connectivity index (χ4v) is 4.61. The van der Waals surface area contributed by atoms with Gasteiger partial charge < -0.3 is 15.4 Å². The van der Waals surface area contributed by atoms with Gasteiger partial charge in [-0.05, 0) is 57.0 Å². The zero-order valence-electron chi connectivity index (χ0n) is 20.8. The summed E-state index contributed by atoms with van der Waals surface area (Å²) in [5.74, 6) is 0.379. The van der Waals surface area contributed by atoms with E-state index in [9.17, 15) is 9.59 Å². The molecular weight excluding hydrogens is 458 g/mol. The van der Waals surface area contributed by atoms with E-state index in [1.807, 2.05) is 42.3 Å². The number of fused-ring (bicyclic) bond motifs is 1. The number of amides is 2. The number of rotatable bonds is 6. The lowest BCUT2D eigenvalue weighted by Crippen LogP contribution is -2.62. The third kappa shape index (κ3) is 4.52. The summed E-state index contributed by atoms with van der Waals surface area (Å²) in [4.78, 5) is 26.0. The van der Waals surface area contributed by atoms with Crippen LogP contribution in [0.5, 0.6) is 5.75 Å². The van der Waals surface area contributed by atoms with Gasteiger partial charge in [0.25, 0.3) is 5.91 Å².